The second-order valence-corrected chi connectivity index (χ2v) is 13.2. The second-order valence-electron chi connectivity index (χ2n) is 13.2. The third kappa shape index (κ3) is 5.07. The summed E-state index contributed by atoms with van der Waals surface area (Å²) in [4.78, 5) is 28.9. The molecule has 41 heavy (non-hydrogen) atoms. The van der Waals surface area contributed by atoms with Crippen LogP contribution < -0.4 is 10.9 Å². The normalized spacial score (nSPS) is 29.3. The van der Waals surface area contributed by atoms with Crippen molar-refractivity contribution in [1.82, 2.24) is 35.5 Å². The fourth-order valence-electron chi connectivity index (χ4n) is 7.65. The third-order valence-corrected chi connectivity index (χ3v) is 10.4. The molecule has 1 aromatic carbocycles. The van der Waals surface area contributed by atoms with Gasteiger partial charge < -0.3 is 19.9 Å². The molecule has 1 saturated carbocycles. The quantitative estimate of drug-likeness (QED) is 0.408. The summed E-state index contributed by atoms with van der Waals surface area (Å²) in [6.07, 6.45) is 5.29. The number of carbonyl (C=O) groups is 1. The van der Waals surface area contributed by atoms with E-state index >= 15 is 0 Å². The minimum atomic E-state index is -0.536. The average molecular weight is 568 g/mol. The topological polar surface area (TPSA) is 99.8 Å². The minimum absolute atomic E-state index is 0.0514. The summed E-state index contributed by atoms with van der Waals surface area (Å²) in [7, 11) is 4.17. The van der Waals surface area contributed by atoms with Crippen LogP contribution in [0.5, 0.6) is 5.75 Å². The van der Waals surface area contributed by atoms with Crippen molar-refractivity contribution in [2.75, 3.05) is 33.7 Å². The lowest BCUT2D eigenvalue weighted by Gasteiger charge is -2.53. The Kier molecular flexibility index (Phi) is 7.63. The number of aromatic amines is 1. The first kappa shape index (κ1) is 28.6. The van der Waals surface area contributed by atoms with Gasteiger partial charge in [-0.05, 0) is 94.8 Å². The summed E-state index contributed by atoms with van der Waals surface area (Å²) in [5, 5.41) is 9.88. The lowest BCUT2D eigenvalue weighted by atomic mass is 9.73. The molecule has 1 amide bonds. The Morgan fingerprint density at radius 3 is 2.71 bits per heavy atom. The zero-order chi connectivity index (χ0) is 29.1. The van der Waals surface area contributed by atoms with E-state index in [9.17, 15) is 14.3 Å². The van der Waals surface area contributed by atoms with Crippen LogP contribution in [0.15, 0.2) is 12.1 Å². The maximum Gasteiger partial charge on any atom is 0.240 e. The molecule has 6 rings (SSSR count). The molecule has 4 aliphatic rings. The molecule has 1 aliphatic carbocycles. The highest BCUT2D eigenvalue weighted by atomic mass is 19.1. The second kappa shape index (κ2) is 10.9. The number of fused-ring (bicyclic) bond motifs is 2. The number of carbonyl (C=O) groups excluding carboxylic acids is 1. The van der Waals surface area contributed by atoms with Gasteiger partial charge in [0.15, 0.2) is 11.6 Å². The Bertz CT molecular complexity index is 1290. The van der Waals surface area contributed by atoms with Crippen molar-refractivity contribution in [3.63, 3.8) is 0 Å². The standard InChI is InChI=1S/C31H46FN7O2/c1-6-10-38-15-25-24(14-26(38)30(41)39-16-31(3,17-39)37(4)5)33-29(34-25)28-20-9-8-19(11-23(20)35-36-28)21-13-22(32)27(40)12-18(21)7-2/h12-13,19-20,23,26,28,35-36,40H,6-11,14-17H2,1-5H3,(H,33,34). The fraction of sp³-hybridized carbons (Fsp3) is 0.677. The number of H-pyrrole nitrogens is 1. The first-order valence-corrected chi connectivity index (χ1v) is 15.4. The summed E-state index contributed by atoms with van der Waals surface area (Å²) in [6, 6.07) is 3.29. The average Bonchev–Trinajstić information content (AvgIpc) is 3.54. The maximum atomic E-state index is 14.3. The van der Waals surface area contributed by atoms with Gasteiger partial charge in [0, 0.05) is 32.1 Å². The molecular weight excluding hydrogens is 521 g/mol. The van der Waals surface area contributed by atoms with Crippen LogP contribution in [0.2, 0.25) is 0 Å². The predicted molar refractivity (Wildman–Crippen MR) is 156 cm³/mol. The molecule has 2 saturated heterocycles. The van der Waals surface area contributed by atoms with Crippen LogP contribution in [0.25, 0.3) is 0 Å². The monoisotopic (exact) mass is 567 g/mol. The van der Waals surface area contributed by atoms with Crippen molar-refractivity contribution in [2.24, 2.45) is 5.92 Å². The zero-order valence-electron chi connectivity index (χ0n) is 25.1. The van der Waals surface area contributed by atoms with E-state index in [1.54, 1.807) is 12.1 Å². The predicted octanol–water partition coefficient (Wildman–Crippen LogP) is 3.22. The highest BCUT2D eigenvalue weighted by Crippen LogP contribution is 2.45. The van der Waals surface area contributed by atoms with Crippen LogP contribution >= 0.6 is 0 Å². The number of likely N-dealkylation sites (tertiary alicyclic amines) is 1. The molecule has 0 spiro atoms. The SMILES string of the molecule is CCCN1Cc2[nH]c(C3NNC4CC(c5cc(F)c(O)cc5CC)CCC43)nc2CC1C(=O)N1CC(C)(N(C)C)C1. The van der Waals surface area contributed by atoms with Gasteiger partial charge in [0.2, 0.25) is 5.91 Å². The maximum absolute atomic E-state index is 14.3. The number of aromatic nitrogens is 2. The Morgan fingerprint density at radius 1 is 1.22 bits per heavy atom. The molecule has 4 heterocycles. The van der Waals surface area contributed by atoms with Gasteiger partial charge in [-0.3, -0.25) is 15.1 Å². The molecule has 3 aliphatic heterocycles. The van der Waals surface area contributed by atoms with Crippen LogP contribution in [0.1, 0.15) is 86.8 Å². The molecule has 5 atom stereocenters. The Balaban J connectivity index is 1.15. The molecular formula is C31H46FN7O2. The molecule has 0 radical (unpaired) electrons. The number of phenols is 1. The summed E-state index contributed by atoms with van der Waals surface area (Å²) in [5.74, 6) is 1.01. The lowest BCUT2D eigenvalue weighted by Crippen LogP contribution is -2.70. The Labute approximate surface area is 242 Å². The number of hydrogen-bond acceptors (Lipinski definition) is 7. The van der Waals surface area contributed by atoms with Crippen molar-refractivity contribution < 1.29 is 14.3 Å². The summed E-state index contributed by atoms with van der Waals surface area (Å²) in [5.41, 5.74) is 11.3. The summed E-state index contributed by atoms with van der Waals surface area (Å²) in [6.45, 7) is 9.58. The van der Waals surface area contributed by atoms with Gasteiger partial charge >= 0.3 is 0 Å². The highest BCUT2D eigenvalue weighted by molar-refractivity contribution is 5.83. The van der Waals surface area contributed by atoms with Crippen LogP contribution in [0.3, 0.4) is 0 Å². The van der Waals surface area contributed by atoms with Crippen LogP contribution in [0.4, 0.5) is 4.39 Å². The Morgan fingerprint density at radius 2 is 2.00 bits per heavy atom. The number of rotatable bonds is 7. The van der Waals surface area contributed by atoms with E-state index in [2.05, 4.69) is 60.5 Å². The number of imidazole rings is 1. The molecule has 224 valence electrons. The third-order valence-electron chi connectivity index (χ3n) is 10.4. The summed E-state index contributed by atoms with van der Waals surface area (Å²) >= 11 is 0. The van der Waals surface area contributed by atoms with Gasteiger partial charge in [-0.15, -0.1) is 0 Å². The van der Waals surface area contributed by atoms with Crippen molar-refractivity contribution in [3.05, 3.63) is 46.3 Å². The molecule has 3 fully saturated rings. The molecule has 5 unspecified atom stereocenters. The van der Waals surface area contributed by atoms with Gasteiger partial charge in [0.1, 0.15) is 5.82 Å². The highest BCUT2D eigenvalue weighted by Gasteiger charge is 2.47. The van der Waals surface area contributed by atoms with Crippen LogP contribution in [-0.2, 0) is 24.2 Å². The van der Waals surface area contributed by atoms with Gasteiger partial charge in [-0.2, -0.15) is 0 Å². The molecule has 2 aromatic rings. The number of nitrogens with zero attached hydrogens (tertiary/aromatic N) is 4. The van der Waals surface area contributed by atoms with Crippen molar-refractivity contribution in [3.8, 4) is 5.75 Å². The number of nitrogens with one attached hydrogen (secondary N) is 3. The molecule has 1 aromatic heterocycles. The first-order chi connectivity index (χ1) is 19.6. The van der Waals surface area contributed by atoms with E-state index in [0.29, 0.717) is 18.9 Å². The smallest absolute Gasteiger partial charge is 0.240 e. The van der Waals surface area contributed by atoms with E-state index < -0.39 is 5.82 Å². The molecule has 10 heteroatoms. The van der Waals surface area contributed by atoms with Crippen LogP contribution in [0, 0.1) is 11.7 Å². The number of amides is 1. The number of aryl methyl sites for hydroxylation is 1. The minimum Gasteiger partial charge on any atom is -0.505 e. The molecule has 4 N–H and O–H groups in total. The summed E-state index contributed by atoms with van der Waals surface area (Å²) < 4.78 is 14.3. The van der Waals surface area contributed by atoms with Gasteiger partial charge in [-0.25, -0.2) is 14.8 Å². The number of benzene rings is 1. The Hall–Kier alpha value is -2.53. The van der Waals surface area contributed by atoms with E-state index in [1.165, 1.54) is 0 Å². The number of halogens is 1. The van der Waals surface area contributed by atoms with Gasteiger partial charge in [0.05, 0.1) is 29.0 Å². The van der Waals surface area contributed by atoms with Gasteiger partial charge in [0.25, 0.3) is 0 Å². The largest absolute Gasteiger partial charge is 0.505 e. The number of hydrazine groups is 1. The van der Waals surface area contributed by atoms with Crippen molar-refractivity contribution in [1.29, 1.82) is 0 Å². The number of hydrogen-bond donors (Lipinski definition) is 4. The number of likely N-dealkylation sites (N-methyl/N-ethyl adjacent to an activating group) is 1. The van der Waals surface area contributed by atoms with Gasteiger partial charge in [-0.1, -0.05) is 13.8 Å². The molecule has 0 bridgehead atoms. The number of phenolic OH excluding ortho intramolecular Hbond substituents is 1. The fourth-order valence-corrected chi connectivity index (χ4v) is 7.65. The number of aromatic hydroxyl groups is 1. The first-order valence-electron chi connectivity index (χ1n) is 15.4. The van der Waals surface area contributed by atoms with E-state index in [1.807, 2.05) is 4.90 Å². The van der Waals surface area contributed by atoms with E-state index in [0.717, 1.165) is 80.1 Å². The van der Waals surface area contributed by atoms with E-state index in [4.69, 9.17) is 4.98 Å². The van der Waals surface area contributed by atoms with Crippen molar-refractivity contribution in [2.45, 2.75) is 95.4 Å². The van der Waals surface area contributed by atoms with E-state index in [-0.39, 0.29) is 41.2 Å². The molecule has 9 nitrogen and oxygen atoms in total. The van der Waals surface area contributed by atoms with Crippen molar-refractivity contribution >= 4 is 5.91 Å². The lowest BCUT2D eigenvalue weighted by molar-refractivity contribution is -0.150. The zero-order valence-corrected chi connectivity index (χ0v) is 25.1. The van der Waals surface area contributed by atoms with Crippen LogP contribution in [-0.4, -0.2) is 87.0 Å².